The fraction of sp³-hybridized carbons (Fsp3) is 0.867. The molecule has 2 aliphatic rings. The van der Waals surface area contributed by atoms with Gasteiger partial charge in [-0.2, -0.15) is 0 Å². The van der Waals surface area contributed by atoms with E-state index in [1.807, 2.05) is 6.08 Å². The van der Waals surface area contributed by atoms with E-state index in [2.05, 4.69) is 23.7 Å². The van der Waals surface area contributed by atoms with Crippen molar-refractivity contribution in [1.82, 2.24) is 10.2 Å². The van der Waals surface area contributed by atoms with Gasteiger partial charge < -0.3 is 10.1 Å². The topological polar surface area (TPSA) is 24.5 Å². The van der Waals surface area contributed by atoms with E-state index in [0.29, 0.717) is 11.6 Å². The highest BCUT2D eigenvalue weighted by Gasteiger charge is 2.39. The molecule has 3 nitrogen and oxygen atoms in total. The zero-order valence-electron chi connectivity index (χ0n) is 11.8. The second-order valence-corrected chi connectivity index (χ2v) is 5.88. The van der Waals surface area contributed by atoms with Crippen molar-refractivity contribution in [3.05, 3.63) is 12.7 Å². The molecular formula is C15H28N2O. The number of piperazine rings is 1. The lowest BCUT2D eigenvalue weighted by Crippen LogP contribution is -2.62. The summed E-state index contributed by atoms with van der Waals surface area (Å²) in [5.74, 6) is 0. The summed E-state index contributed by atoms with van der Waals surface area (Å²) >= 11 is 0. The molecule has 1 saturated heterocycles. The molecule has 0 aromatic rings. The van der Waals surface area contributed by atoms with Crippen molar-refractivity contribution < 1.29 is 4.74 Å². The second kappa shape index (κ2) is 6.69. The van der Waals surface area contributed by atoms with Crippen molar-refractivity contribution in [2.24, 2.45) is 0 Å². The molecule has 3 heteroatoms. The van der Waals surface area contributed by atoms with Crippen molar-refractivity contribution in [2.75, 3.05) is 32.8 Å². The van der Waals surface area contributed by atoms with E-state index >= 15 is 0 Å². The first-order chi connectivity index (χ1) is 8.76. The Bertz CT molecular complexity index is 261. The highest BCUT2D eigenvalue weighted by Crippen LogP contribution is 2.32. The van der Waals surface area contributed by atoms with Crippen LogP contribution in [-0.2, 0) is 4.74 Å². The summed E-state index contributed by atoms with van der Waals surface area (Å²) in [4.78, 5) is 2.61. The van der Waals surface area contributed by atoms with E-state index in [9.17, 15) is 0 Å². The number of rotatable bonds is 6. The summed E-state index contributed by atoms with van der Waals surface area (Å²) in [5.41, 5.74) is 0.424. The third-order valence-corrected chi connectivity index (χ3v) is 4.45. The lowest BCUT2D eigenvalue weighted by atomic mass is 9.92. The van der Waals surface area contributed by atoms with Crippen LogP contribution in [0.15, 0.2) is 12.7 Å². The quantitative estimate of drug-likeness (QED) is 0.579. The van der Waals surface area contributed by atoms with Gasteiger partial charge in [0.2, 0.25) is 0 Å². The van der Waals surface area contributed by atoms with Crippen LogP contribution in [0.3, 0.4) is 0 Å². The van der Waals surface area contributed by atoms with E-state index in [-0.39, 0.29) is 0 Å². The fourth-order valence-corrected chi connectivity index (χ4v) is 3.23. The van der Waals surface area contributed by atoms with Crippen LogP contribution in [-0.4, -0.2) is 49.3 Å². The molecule has 0 aromatic carbocycles. The van der Waals surface area contributed by atoms with Gasteiger partial charge in [0.1, 0.15) is 0 Å². The van der Waals surface area contributed by atoms with Crippen molar-refractivity contribution >= 4 is 0 Å². The van der Waals surface area contributed by atoms with Gasteiger partial charge in [-0.3, -0.25) is 4.90 Å². The molecule has 0 radical (unpaired) electrons. The maximum atomic E-state index is 5.64. The maximum absolute atomic E-state index is 5.64. The summed E-state index contributed by atoms with van der Waals surface area (Å²) in [7, 11) is 0. The largest absolute Gasteiger partial charge is 0.380 e. The lowest BCUT2D eigenvalue weighted by Gasteiger charge is -2.45. The minimum atomic E-state index is 0.424. The Morgan fingerprint density at radius 1 is 1.39 bits per heavy atom. The highest BCUT2D eigenvalue weighted by atomic mass is 16.5. The van der Waals surface area contributed by atoms with Crippen molar-refractivity contribution in [3.8, 4) is 0 Å². The smallest absolute Gasteiger partial charge is 0.0593 e. The summed E-state index contributed by atoms with van der Waals surface area (Å²) in [6.45, 7) is 11.1. The number of nitrogens with one attached hydrogen (secondary N) is 1. The molecule has 1 unspecified atom stereocenters. The lowest BCUT2D eigenvalue weighted by molar-refractivity contribution is 0.0484. The third-order valence-electron chi connectivity index (χ3n) is 4.45. The van der Waals surface area contributed by atoms with E-state index in [1.54, 1.807) is 0 Å². The molecule has 1 atom stereocenters. The summed E-state index contributed by atoms with van der Waals surface area (Å²) < 4.78 is 5.64. The van der Waals surface area contributed by atoms with Crippen LogP contribution in [0.2, 0.25) is 0 Å². The molecule has 1 spiro atoms. The van der Waals surface area contributed by atoms with Gasteiger partial charge in [-0.25, -0.2) is 0 Å². The molecule has 0 bridgehead atoms. The minimum absolute atomic E-state index is 0.424. The first kappa shape index (κ1) is 14.0. The Kier molecular flexibility index (Phi) is 5.22. The second-order valence-electron chi connectivity index (χ2n) is 5.88. The third kappa shape index (κ3) is 3.56. The molecule has 0 aromatic heterocycles. The maximum Gasteiger partial charge on any atom is 0.0593 e. The van der Waals surface area contributed by atoms with Crippen molar-refractivity contribution in [1.29, 1.82) is 0 Å². The van der Waals surface area contributed by atoms with Crippen LogP contribution >= 0.6 is 0 Å². The van der Waals surface area contributed by atoms with Gasteiger partial charge in [-0.1, -0.05) is 18.9 Å². The van der Waals surface area contributed by atoms with E-state index in [1.165, 1.54) is 32.2 Å². The standard InChI is InChI=1S/C15H28N2O/c1-3-4-10-18-11-9-17-13-15(7-5-6-8-15)16-12-14(17)2/h3,14,16H,1,4-13H2,2H3. The Labute approximate surface area is 112 Å². The van der Waals surface area contributed by atoms with Crippen LogP contribution in [0.25, 0.3) is 0 Å². The average molecular weight is 252 g/mol. The van der Waals surface area contributed by atoms with Crippen LogP contribution in [0.1, 0.15) is 39.0 Å². The zero-order chi connectivity index (χ0) is 12.8. The van der Waals surface area contributed by atoms with Gasteiger partial charge in [0.05, 0.1) is 13.2 Å². The van der Waals surface area contributed by atoms with E-state index in [0.717, 1.165) is 32.7 Å². The van der Waals surface area contributed by atoms with Gasteiger partial charge in [0.25, 0.3) is 0 Å². The first-order valence-electron chi connectivity index (χ1n) is 7.43. The zero-order valence-corrected chi connectivity index (χ0v) is 11.8. The van der Waals surface area contributed by atoms with E-state index in [4.69, 9.17) is 4.74 Å². The summed E-state index contributed by atoms with van der Waals surface area (Å²) in [6.07, 6.45) is 8.37. The van der Waals surface area contributed by atoms with Crippen LogP contribution in [0.5, 0.6) is 0 Å². The Hall–Kier alpha value is -0.380. The number of hydrogen-bond acceptors (Lipinski definition) is 3. The van der Waals surface area contributed by atoms with Gasteiger partial charge in [0.15, 0.2) is 0 Å². The predicted molar refractivity (Wildman–Crippen MR) is 75.9 cm³/mol. The molecule has 18 heavy (non-hydrogen) atoms. The van der Waals surface area contributed by atoms with E-state index < -0.39 is 0 Å². The average Bonchev–Trinajstić information content (AvgIpc) is 2.82. The van der Waals surface area contributed by atoms with Crippen molar-refractivity contribution in [3.63, 3.8) is 0 Å². The van der Waals surface area contributed by atoms with Gasteiger partial charge >= 0.3 is 0 Å². The fourth-order valence-electron chi connectivity index (χ4n) is 3.23. The predicted octanol–water partition coefficient (Wildman–Crippen LogP) is 2.19. The molecule has 104 valence electrons. The van der Waals surface area contributed by atoms with Crippen LogP contribution in [0, 0.1) is 0 Å². The monoisotopic (exact) mass is 252 g/mol. The molecule has 1 saturated carbocycles. The molecule has 2 fully saturated rings. The normalized spacial score (nSPS) is 27.7. The number of hydrogen-bond donors (Lipinski definition) is 1. The summed E-state index contributed by atoms with van der Waals surface area (Å²) in [5, 5.41) is 3.79. The molecule has 1 heterocycles. The van der Waals surface area contributed by atoms with Crippen molar-refractivity contribution in [2.45, 2.75) is 50.6 Å². The van der Waals surface area contributed by atoms with Crippen LogP contribution in [0.4, 0.5) is 0 Å². The number of ether oxygens (including phenoxy) is 1. The Morgan fingerprint density at radius 2 is 2.17 bits per heavy atom. The molecule has 1 aliphatic carbocycles. The molecular weight excluding hydrogens is 224 g/mol. The Morgan fingerprint density at radius 3 is 2.89 bits per heavy atom. The van der Waals surface area contributed by atoms with Crippen LogP contribution < -0.4 is 5.32 Å². The van der Waals surface area contributed by atoms with Gasteiger partial charge in [-0.05, 0) is 26.2 Å². The first-order valence-corrected chi connectivity index (χ1v) is 7.43. The van der Waals surface area contributed by atoms with Gasteiger partial charge in [0, 0.05) is 31.2 Å². The minimum Gasteiger partial charge on any atom is -0.380 e. The molecule has 0 amide bonds. The summed E-state index contributed by atoms with van der Waals surface area (Å²) in [6, 6.07) is 0.638. The van der Waals surface area contributed by atoms with Gasteiger partial charge in [-0.15, -0.1) is 6.58 Å². The number of nitrogens with zero attached hydrogens (tertiary/aromatic N) is 1. The highest BCUT2D eigenvalue weighted by molar-refractivity contribution is 5.00. The SMILES string of the molecule is C=CCCOCCN1CC2(CCCC2)NCC1C. The molecule has 1 N–H and O–H groups in total. The molecule has 1 aliphatic heterocycles. The molecule has 2 rings (SSSR count). The Balaban J connectivity index is 1.73.